The van der Waals surface area contributed by atoms with Crippen molar-refractivity contribution in [1.29, 1.82) is 0 Å². The maximum absolute atomic E-state index is 13.5. The van der Waals surface area contributed by atoms with E-state index in [1.165, 1.54) is 22.6 Å². The Balaban J connectivity index is 1.73. The highest BCUT2D eigenvalue weighted by atomic mass is 19.1. The second-order valence-corrected chi connectivity index (χ2v) is 7.59. The fourth-order valence-electron chi connectivity index (χ4n) is 3.33. The minimum Gasteiger partial charge on any atom is -0.451 e. The van der Waals surface area contributed by atoms with Crippen LogP contribution in [0.1, 0.15) is 41.4 Å². The zero-order valence-electron chi connectivity index (χ0n) is 17.2. The van der Waals surface area contributed by atoms with Gasteiger partial charge in [0.15, 0.2) is 11.2 Å². The van der Waals surface area contributed by atoms with Crippen LogP contribution >= 0.6 is 0 Å². The third kappa shape index (κ3) is 4.38. The molecule has 0 saturated carbocycles. The van der Waals surface area contributed by atoms with Gasteiger partial charge in [-0.15, -0.1) is 0 Å². The zero-order valence-corrected chi connectivity index (χ0v) is 17.2. The summed E-state index contributed by atoms with van der Waals surface area (Å²) >= 11 is 0. The Morgan fingerprint density at radius 1 is 1.06 bits per heavy atom. The van der Waals surface area contributed by atoms with E-state index in [-0.39, 0.29) is 23.3 Å². The Labute approximate surface area is 178 Å². The van der Waals surface area contributed by atoms with E-state index in [9.17, 15) is 14.0 Å². The normalized spacial score (nSPS) is 11.1. The summed E-state index contributed by atoms with van der Waals surface area (Å²) in [5, 5.41) is 0.0882. The number of rotatable bonds is 5. The van der Waals surface area contributed by atoms with Crippen LogP contribution in [0.2, 0.25) is 0 Å². The maximum atomic E-state index is 13.5. The summed E-state index contributed by atoms with van der Waals surface area (Å²) in [5.74, 6) is -0.344. The number of hydrogen-bond acceptors (Lipinski definition) is 4. The molecular weight excluding hydrogens is 395 g/mol. The number of anilines is 1. The molecule has 4 aromatic rings. The van der Waals surface area contributed by atoms with Gasteiger partial charge in [0, 0.05) is 12.3 Å². The van der Waals surface area contributed by atoms with Crippen LogP contribution in [0, 0.1) is 5.82 Å². The van der Waals surface area contributed by atoms with Crippen LogP contribution in [0.5, 0.6) is 0 Å². The van der Waals surface area contributed by atoms with E-state index in [0.29, 0.717) is 11.7 Å². The minimum atomic E-state index is -0.543. The number of benzene rings is 2. The molecule has 0 aliphatic heterocycles. The van der Waals surface area contributed by atoms with Crippen molar-refractivity contribution in [3.05, 3.63) is 106 Å². The van der Waals surface area contributed by atoms with E-state index in [1.54, 1.807) is 24.4 Å². The van der Waals surface area contributed by atoms with Gasteiger partial charge in [-0.1, -0.05) is 44.2 Å². The third-order valence-electron chi connectivity index (χ3n) is 5.06. The predicted octanol–water partition coefficient (Wildman–Crippen LogP) is 5.30. The molecule has 156 valence electrons. The van der Waals surface area contributed by atoms with Crippen molar-refractivity contribution in [2.24, 2.45) is 0 Å². The number of hydrogen-bond donors (Lipinski definition) is 0. The molecule has 0 bridgehead atoms. The van der Waals surface area contributed by atoms with Gasteiger partial charge in [0.2, 0.25) is 0 Å². The lowest BCUT2D eigenvalue weighted by Gasteiger charge is -2.21. The molecule has 0 unspecified atom stereocenters. The molecule has 2 heterocycles. The first-order chi connectivity index (χ1) is 14.9. The highest BCUT2D eigenvalue weighted by Gasteiger charge is 2.23. The Bertz CT molecular complexity index is 1280. The lowest BCUT2D eigenvalue weighted by atomic mass is 10.0. The lowest BCUT2D eigenvalue weighted by Crippen LogP contribution is -2.31. The molecule has 0 radical (unpaired) electrons. The molecule has 6 heteroatoms. The molecule has 0 aliphatic rings. The number of carbonyl (C=O) groups is 1. The van der Waals surface area contributed by atoms with Crippen LogP contribution < -0.4 is 10.3 Å². The third-order valence-corrected chi connectivity index (χ3v) is 5.06. The average molecular weight is 416 g/mol. The minimum absolute atomic E-state index is 0.0882. The molecule has 4 rings (SSSR count). The molecule has 5 nitrogen and oxygen atoms in total. The summed E-state index contributed by atoms with van der Waals surface area (Å²) in [6, 6.07) is 18.0. The van der Waals surface area contributed by atoms with Crippen molar-refractivity contribution < 1.29 is 13.6 Å². The summed E-state index contributed by atoms with van der Waals surface area (Å²) < 4.78 is 19.1. The summed E-state index contributed by atoms with van der Waals surface area (Å²) in [6.45, 7) is 4.48. The van der Waals surface area contributed by atoms with Gasteiger partial charge < -0.3 is 4.42 Å². The SMILES string of the molecule is CC(C)c1ccc(CN(C(=O)c2cc(=O)c3cc(F)ccc3o2)c2ccccn2)cc1. The predicted molar refractivity (Wildman–Crippen MR) is 118 cm³/mol. The van der Waals surface area contributed by atoms with E-state index in [2.05, 4.69) is 18.8 Å². The topological polar surface area (TPSA) is 63.4 Å². The van der Waals surface area contributed by atoms with E-state index >= 15 is 0 Å². The molecule has 0 saturated heterocycles. The number of nitrogens with zero attached hydrogens (tertiary/aromatic N) is 2. The van der Waals surface area contributed by atoms with E-state index in [1.807, 2.05) is 24.3 Å². The average Bonchev–Trinajstić information content (AvgIpc) is 2.78. The number of fused-ring (bicyclic) bond motifs is 1. The standard InChI is InChI=1S/C25H21FN2O3/c1-16(2)18-8-6-17(7-9-18)15-28(24-5-3-4-12-27-24)25(30)23-14-21(29)20-13-19(26)10-11-22(20)31-23/h3-14,16H,15H2,1-2H3. The number of aromatic nitrogens is 1. The Kier molecular flexibility index (Phi) is 5.62. The smallest absolute Gasteiger partial charge is 0.295 e. The number of amides is 1. The summed E-state index contributed by atoms with van der Waals surface area (Å²) in [4.78, 5) is 31.6. The van der Waals surface area contributed by atoms with Crippen molar-refractivity contribution in [1.82, 2.24) is 4.98 Å². The Hall–Kier alpha value is -3.80. The number of pyridine rings is 1. The number of carbonyl (C=O) groups excluding carboxylic acids is 1. The van der Waals surface area contributed by atoms with E-state index in [4.69, 9.17) is 4.42 Å². The molecule has 0 N–H and O–H groups in total. The first-order valence-electron chi connectivity index (χ1n) is 9.97. The van der Waals surface area contributed by atoms with Crippen molar-refractivity contribution in [3.8, 4) is 0 Å². The van der Waals surface area contributed by atoms with Gasteiger partial charge in [0.05, 0.1) is 11.9 Å². The van der Waals surface area contributed by atoms with Gasteiger partial charge in [0.1, 0.15) is 17.2 Å². The van der Waals surface area contributed by atoms with Crippen molar-refractivity contribution in [3.63, 3.8) is 0 Å². The molecule has 0 fully saturated rings. The first-order valence-corrected chi connectivity index (χ1v) is 9.97. The van der Waals surface area contributed by atoms with E-state index < -0.39 is 17.2 Å². The quantitative estimate of drug-likeness (QED) is 0.443. The van der Waals surface area contributed by atoms with Gasteiger partial charge in [-0.05, 0) is 47.4 Å². The van der Waals surface area contributed by atoms with Crippen molar-refractivity contribution >= 4 is 22.7 Å². The van der Waals surface area contributed by atoms with Gasteiger partial charge >= 0.3 is 0 Å². The number of halogens is 1. The highest BCUT2D eigenvalue weighted by Crippen LogP contribution is 2.21. The molecule has 2 aromatic carbocycles. The Morgan fingerprint density at radius 2 is 1.84 bits per heavy atom. The van der Waals surface area contributed by atoms with Crippen LogP contribution in [0.15, 0.2) is 82.1 Å². The second kappa shape index (κ2) is 8.52. The van der Waals surface area contributed by atoms with Crippen LogP contribution in [-0.4, -0.2) is 10.9 Å². The lowest BCUT2D eigenvalue weighted by molar-refractivity contribution is 0.0958. The molecule has 0 spiro atoms. The molecule has 31 heavy (non-hydrogen) atoms. The maximum Gasteiger partial charge on any atom is 0.295 e. The van der Waals surface area contributed by atoms with E-state index in [0.717, 1.165) is 17.7 Å². The zero-order chi connectivity index (χ0) is 22.0. The second-order valence-electron chi connectivity index (χ2n) is 7.59. The summed E-state index contributed by atoms with van der Waals surface area (Å²) in [7, 11) is 0. The van der Waals surface area contributed by atoms with Crippen molar-refractivity contribution in [2.45, 2.75) is 26.3 Å². The van der Waals surface area contributed by atoms with Gasteiger partial charge in [-0.3, -0.25) is 14.5 Å². The van der Waals surface area contributed by atoms with Crippen LogP contribution in [0.4, 0.5) is 10.2 Å². The molecule has 2 aromatic heterocycles. The van der Waals surface area contributed by atoms with Gasteiger partial charge in [0.25, 0.3) is 5.91 Å². The Morgan fingerprint density at radius 3 is 2.52 bits per heavy atom. The van der Waals surface area contributed by atoms with Crippen LogP contribution in [0.3, 0.4) is 0 Å². The van der Waals surface area contributed by atoms with Gasteiger partial charge in [-0.25, -0.2) is 9.37 Å². The van der Waals surface area contributed by atoms with Crippen LogP contribution in [-0.2, 0) is 6.54 Å². The fraction of sp³-hybridized carbons (Fsp3) is 0.160. The fourth-order valence-corrected chi connectivity index (χ4v) is 3.33. The molecule has 0 atom stereocenters. The summed E-state index contributed by atoms with van der Waals surface area (Å²) in [6.07, 6.45) is 1.59. The molecule has 0 aliphatic carbocycles. The summed E-state index contributed by atoms with van der Waals surface area (Å²) in [5.41, 5.74) is 1.78. The highest BCUT2D eigenvalue weighted by molar-refractivity contribution is 6.04. The monoisotopic (exact) mass is 416 g/mol. The molecule has 1 amide bonds. The first kappa shape index (κ1) is 20.5. The van der Waals surface area contributed by atoms with Crippen molar-refractivity contribution in [2.75, 3.05) is 4.90 Å². The van der Waals surface area contributed by atoms with Crippen LogP contribution in [0.25, 0.3) is 11.0 Å². The molecular formula is C25H21FN2O3. The largest absolute Gasteiger partial charge is 0.451 e. The van der Waals surface area contributed by atoms with Gasteiger partial charge in [-0.2, -0.15) is 0 Å².